The van der Waals surface area contributed by atoms with Crippen LogP contribution < -0.4 is 15.5 Å². The number of rotatable bonds is 12. The van der Waals surface area contributed by atoms with Gasteiger partial charge >= 0.3 is 0 Å². The number of hydrazone groups is 1. The normalized spacial score (nSPS) is 10.8. The average molecular weight is 498 g/mol. The summed E-state index contributed by atoms with van der Waals surface area (Å²) in [6, 6.07) is 11.9. The van der Waals surface area contributed by atoms with Crippen molar-refractivity contribution in [2.45, 2.75) is 18.2 Å². The number of methoxy groups -OCH3 is 1. The Hall–Kier alpha value is -4.39. The molecule has 13 heteroatoms. The lowest BCUT2D eigenvalue weighted by molar-refractivity contribution is -0.385. The molecule has 1 amide bonds. The van der Waals surface area contributed by atoms with Crippen LogP contribution in [-0.4, -0.2) is 49.8 Å². The lowest BCUT2D eigenvalue weighted by Crippen LogP contribution is -2.20. The minimum absolute atomic E-state index is 0.0109. The molecule has 0 aliphatic rings. The van der Waals surface area contributed by atoms with Crippen molar-refractivity contribution >= 4 is 35.3 Å². The molecule has 0 saturated carbocycles. The van der Waals surface area contributed by atoms with Crippen LogP contribution in [0.25, 0.3) is 0 Å². The number of aromatic nitrogens is 3. The molecule has 0 aliphatic heterocycles. The van der Waals surface area contributed by atoms with E-state index in [1.807, 2.05) is 34.9 Å². The van der Waals surface area contributed by atoms with Gasteiger partial charge in [0.15, 0.2) is 22.5 Å². The van der Waals surface area contributed by atoms with E-state index in [9.17, 15) is 20.0 Å². The standard InChI is InChI=1S/C22H23N7O5S/c1-3-9-28-19(13-23-16-7-5-4-6-8-16)25-27-22(28)35-14-20(30)26-24-12-15-10-17(29(32)33)11-18(34-2)21(15)31/h3-8,10-12,23,31H,1,9,13-14H2,2H3,(H,26,30)/b24-12-. The van der Waals surface area contributed by atoms with Crippen LogP contribution in [0.2, 0.25) is 0 Å². The maximum atomic E-state index is 12.2. The van der Waals surface area contributed by atoms with E-state index in [0.29, 0.717) is 24.1 Å². The maximum absolute atomic E-state index is 12.2. The van der Waals surface area contributed by atoms with Crippen LogP contribution in [0.3, 0.4) is 0 Å². The molecule has 35 heavy (non-hydrogen) atoms. The lowest BCUT2D eigenvalue weighted by atomic mass is 10.2. The number of thioether (sulfide) groups is 1. The molecular weight excluding hydrogens is 474 g/mol. The number of nitro groups is 1. The van der Waals surface area contributed by atoms with E-state index in [-0.39, 0.29) is 28.5 Å². The number of amides is 1. The van der Waals surface area contributed by atoms with Gasteiger partial charge in [0, 0.05) is 23.9 Å². The van der Waals surface area contributed by atoms with Gasteiger partial charge in [-0.1, -0.05) is 36.0 Å². The van der Waals surface area contributed by atoms with Crippen molar-refractivity contribution < 1.29 is 19.6 Å². The second-order valence-electron chi connectivity index (χ2n) is 6.94. The van der Waals surface area contributed by atoms with E-state index in [0.717, 1.165) is 24.0 Å². The van der Waals surface area contributed by atoms with E-state index in [4.69, 9.17) is 4.74 Å². The first-order valence-electron chi connectivity index (χ1n) is 10.2. The van der Waals surface area contributed by atoms with Crippen LogP contribution >= 0.6 is 11.8 Å². The molecule has 2 aromatic carbocycles. The van der Waals surface area contributed by atoms with Crippen molar-refractivity contribution in [3.05, 3.63) is 76.6 Å². The number of nitro benzene ring substituents is 1. The molecule has 3 rings (SSSR count). The number of aromatic hydroxyl groups is 1. The highest BCUT2D eigenvalue weighted by Gasteiger charge is 2.16. The smallest absolute Gasteiger partial charge is 0.274 e. The molecule has 3 aromatic rings. The highest BCUT2D eigenvalue weighted by atomic mass is 32.2. The zero-order valence-corrected chi connectivity index (χ0v) is 19.6. The fourth-order valence-corrected chi connectivity index (χ4v) is 3.68. The van der Waals surface area contributed by atoms with Gasteiger partial charge < -0.3 is 19.7 Å². The first-order chi connectivity index (χ1) is 16.9. The van der Waals surface area contributed by atoms with Crippen LogP contribution in [0.15, 0.2) is 65.4 Å². The Labute approximate surface area is 204 Å². The number of hydrogen-bond acceptors (Lipinski definition) is 10. The van der Waals surface area contributed by atoms with E-state index < -0.39 is 10.8 Å². The molecule has 182 valence electrons. The fourth-order valence-electron chi connectivity index (χ4n) is 2.92. The number of non-ortho nitro benzene ring substituents is 1. The summed E-state index contributed by atoms with van der Waals surface area (Å²) in [5.41, 5.74) is 2.99. The number of hydrogen-bond donors (Lipinski definition) is 3. The van der Waals surface area contributed by atoms with Crippen LogP contribution in [0, 0.1) is 10.1 Å². The maximum Gasteiger partial charge on any atom is 0.274 e. The summed E-state index contributed by atoms with van der Waals surface area (Å²) in [5, 5.41) is 37.1. The van der Waals surface area contributed by atoms with Gasteiger partial charge in [-0.15, -0.1) is 16.8 Å². The third-order valence-electron chi connectivity index (χ3n) is 4.57. The zero-order valence-electron chi connectivity index (χ0n) is 18.7. The number of carbonyl (C=O) groups is 1. The Kier molecular flexibility index (Phi) is 8.78. The molecule has 0 spiro atoms. The molecular formula is C22H23N7O5S. The van der Waals surface area contributed by atoms with Crippen LogP contribution in [0.5, 0.6) is 11.5 Å². The van der Waals surface area contributed by atoms with Gasteiger partial charge in [0.05, 0.1) is 36.6 Å². The second-order valence-corrected chi connectivity index (χ2v) is 7.88. The molecule has 0 saturated heterocycles. The predicted octanol–water partition coefficient (Wildman–Crippen LogP) is 2.94. The third-order valence-corrected chi connectivity index (χ3v) is 5.54. The number of ether oxygens (including phenoxy) is 1. The van der Waals surface area contributed by atoms with E-state index >= 15 is 0 Å². The van der Waals surface area contributed by atoms with E-state index in [1.165, 1.54) is 18.9 Å². The number of phenols is 1. The Balaban J connectivity index is 1.60. The monoisotopic (exact) mass is 497 g/mol. The van der Waals surface area contributed by atoms with Gasteiger partial charge in [-0.05, 0) is 12.1 Å². The van der Waals surface area contributed by atoms with Crippen molar-refractivity contribution in [2.24, 2.45) is 5.10 Å². The first kappa shape index (κ1) is 25.2. The summed E-state index contributed by atoms with van der Waals surface area (Å²) < 4.78 is 6.78. The van der Waals surface area contributed by atoms with Gasteiger partial charge in [-0.2, -0.15) is 5.10 Å². The van der Waals surface area contributed by atoms with Crippen molar-refractivity contribution in [1.82, 2.24) is 20.2 Å². The molecule has 0 aliphatic carbocycles. The summed E-state index contributed by atoms with van der Waals surface area (Å²) in [4.78, 5) is 22.7. The predicted molar refractivity (Wildman–Crippen MR) is 132 cm³/mol. The topological polar surface area (TPSA) is 157 Å². The first-order valence-corrected chi connectivity index (χ1v) is 11.2. The highest BCUT2D eigenvalue weighted by molar-refractivity contribution is 7.99. The number of anilines is 1. The Morgan fingerprint density at radius 2 is 2.11 bits per heavy atom. The third kappa shape index (κ3) is 6.80. The molecule has 0 bridgehead atoms. The van der Waals surface area contributed by atoms with E-state index in [2.05, 4.69) is 32.6 Å². The Bertz CT molecular complexity index is 1230. The summed E-state index contributed by atoms with van der Waals surface area (Å²) in [6.45, 7) is 4.67. The van der Waals surface area contributed by atoms with Gasteiger partial charge in [0.2, 0.25) is 0 Å². The summed E-state index contributed by atoms with van der Waals surface area (Å²) in [5.74, 6) is -0.186. The highest BCUT2D eigenvalue weighted by Crippen LogP contribution is 2.33. The van der Waals surface area contributed by atoms with Crippen LogP contribution in [-0.2, 0) is 17.9 Å². The number of para-hydroxylation sites is 1. The Morgan fingerprint density at radius 1 is 1.34 bits per heavy atom. The summed E-state index contributed by atoms with van der Waals surface area (Å²) in [6.07, 6.45) is 2.81. The zero-order chi connectivity index (χ0) is 25.2. The fraction of sp³-hybridized carbons (Fsp3) is 0.182. The van der Waals surface area contributed by atoms with Crippen LogP contribution in [0.1, 0.15) is 11.4 Å². The number of nitrogens with one attached hydrogen (secondary N) is 2. The minimum atomic E-state index is -0.627. The quantitative estimate of drug-likeness (QED) is 0.112. The lowest BCUT2D eigenvalue weighted by Gasteiger charge is -2.09. The van der Waals surface area contributed by atoms with Crippen LogP contribution in [0.4, 0.5) is 11.4 Å². The number of benzene rings is 2. The van der Waals surface area contributed by atoms with Crippen molar-refractivity contribution in [3.8, 4) is 11.5 Å². The Morgan fingerprint density at radius 3 is 2.80 bits per heavy atom. The summed E-state index contributed by atoms with van der Waals surface area (Å²) in [7, 11) is 1.27. The molecule has 1 aromatic heterocycles. The number of carbonyl (C=O) groups excluding carboxylic acids is 1. The molecule has 1 heterocycles. The summed E-state index contributed by atoms with van der Waals surface area (Å²) >= 11 is 1.17. The van der Waals surface area contributed by atoms with Gasteiger partial charge in [-0.3, -0.25) is 14.9 Å². The average Bonchev–Trinajstić information content (AvgIpc) is 3.24. The van der Waals surface area contributed by atoms with E-state index in [1.54, 1.807) is 6.08 Å². The number of allylic oxidation sites excluding steroid dienone is 1. The van der Waals surface area contributed by atoms with Crippen molar-refractivity contribution in [3.63, 3.8) is 0 Å². The van der Waals surface area contributed by atoms with Gasteiger partial charge in [0.1, 0.15) is 0 Å². The molecule has 0 radical (unpaired) electrons. The SMILES string of the molecule is C=CCn1c(CNc2ccccc2)nnc1SCC(=O)N/N=C\c1cc([N+](=O)[O-])cc(OC)c1O. The largest absolute Gasteiger partial charge is 0.504 e. The second kappa shape index (κ2) is 12.2. The molecule has 0 atom stereocenters. The molecule has 3 N–H and O–H groups in total. The number of nitrogens with zero attached hydrogens (tertiary/aromatic N) is 5. The molecule has 12 nitrogen and oxygen atoms in total. The van der Waals surface area contributed by atoms with Gasteiger partial charge in [-0.25, -0.2) is 5.43 Å². The molecule has 0 fully saturated rings. The number of phenolic OH excluding ortho intramolecular Hbond substituents is 1. The van der Waals surface area contributed by atoms with Crippen molar-refractivity contribution in [2.75, 3.05) is 18.2 Å². The molecule has 0 unspecified atom stereocenters. The van der Waals surface area contributed by atoms with Crippen molar-refractivity contribution in [1.29, 1.82) is 0 Å². The minimum Gasteiger partial charge on any atom is -0.504 e. The van der Waals surface area contributed by atoms with Gasteiger partial charge in [0.25, 0.3) is 11.6 Å².